The van der Waals surface area contributed by atoms with Crippen LogP contribution in [0.3, 0.4) is 0 Å². The maximum Gasteiger partial charge on any atom is 0.322 e. The highest BCUT2D eigenvalue weighted by atomic mass is 16.2. The number of anilines is 1. The van der Waals surface area contributed by atoms with Crippen LogP contribution in [-0.4, -0.2) is 37.5 Å². The van der Waals surface area contributed by atoms with Crippen molar-refractivity contribution in [2.24, 2.45) is 0 Å². The summed E-state index contributed by atoms with van der Waals surface area (Å²) in [6.07, 6.45) is 5.13. The number of nitriles is 1. The van der Waals surface area contributed by atoms with Crippen LogP contribution in [0, 0.1) is 11.3 Å². The summed E-state index contributed by atoms with van der Waals surface area (Å²) in [6, 6.07) is 14.5. The minimum absolute atomic E-state index is 0.254. The molecule has 0 saturated carbocycles. The van der Waals surface area contributed by atoms with Crippen LogP contribution < -0.4 is 5.32 Å². The maximum absolute atomic E-state index is 12.6. The summed E-state index contributed by atoms with van der Waals surface area (Å²) in [5.74, 6) is 0. The molecule has 2 aromatic heterocycles. The maximum atomic E-state index is 12.6. The Bertz CT molecular complexity index is 870. The second kappa shape index (κ2) is 8.39. The molecule has 0 aliphatic carbocycles. The summed E-state index contributed by atoms with van der Waals surface area (Å²) in [4.78, 5) is 19.9. The zero-order valence-electron chi connectivity index (χ0n) is 14.0. The molecule has 8 heteroatoms. The van der Waals surface area contributed by atoms with Gasteiger partial charge in [-0.25, -0.2) is 4.79 Å². The lowest BCUT2D eigenvalue weighted by Gasteiger charge is -2.21. The van der Waals surface area contributed by atoms with Crippen LogP contribution in [0.15, 0.2) is 61.1 Å². The number of rotatable bonds is 6. The lowest BCUT2D eigenvalue weighted by atomic mass is 10.3. The first-order chi connectivity index (χ1) is 12.8. The van der Waals surface area contributed by atoms with E-state index in [4.69, 9.17) is 5.26 Å². The molecule has 2 amide bonds. The number of nitrogens with zero attached hydrogens (tertiary/aromatic N) is 6. The number of hydrogen-bond acceptors (Lipinski definition) is 5. The van der Waals surface area contributed by atoms with E-state index in [1.807, 2.05) is 30.3 Å². The molecule has 0 bridgehead atoms. The average Bonchev–Trinajstić information content (AvgIpc) is 3.21. The lowest BCUT2D eigenvalue weighted by Crippen LogP contribution is -2.35. The van der Waals surface area contributed by atoms with Gasteiger partial charge in [-0.2, -0.15) is 20.3 Å². The zero-order chi connectivity index (χ0) is 18.2. The molecule has 3 rings (SSSR count). The number of pyridine rings is 1. The van der Waals surface area contributed by atoms with Gasteiger partial charge in [0.15, 0.2) is 0 Å². The number of carbonyl (C=O) groups excluding carboxylic acids is 1. The zero-order valence-corrected chi connectivity index (χ0v) is 14.0. The SMILES string of the molecule is N#CCCN(Cc1ccccn1)C(=O)Nc1ccc(-n2nccn2)cc1. The van der Waals surface area contributed by atoms with E-state index in [0.29, 0.717) is 18.8 Å². The quantitative estimate of drug-likeness (QED) is 0.739. The Kier molecular flexibility index (Phi) is 5.52. The Hall–Kier alpha value is -3.73. The molecule has 0 atom stereocenters. The highest BCUT2D eigenvalue weighted by molar-refractivity contribution is 5.89. The smallest absolute Gasteiger partial charge is 0.318 e. The Morgan fingerprint density at radius 3 is 2.54 bits per heavy atom. The van der Waals surface area contributed by atoms with Crippen molar-refractivity contribution in [1.29, 1.82) is 5.26 Å². The Morgan fingerprint density at radius 2 is 1.88 bits per heavy atom. The van der Waals surface area contributed by atoms with Gasteiger partial charge in [0, 0.05) is 18.4 Å². The molecule has 0 saturated heterocycles. The molecule has 0 radical (unpaired) electrons. The Balaban J connectivity index is 1.67. The second-order valence-electron chi connectivity index (χ2n) is 5.45. The highest BCUT2D eigenvalue weighted by Crippen LogP contribution is 2.13. The first kappa shape index (κ1) is 17.1. The summed E-state index contributed by atoms with van der Waals surface area (Å²) in [7, 11) is 0. The number of nitrogens with one attached hydrogen (secondary N) is 1. The fourth-order valence-corrected chi connectivity index (χ4v) is 2.35. The van der Waals surface area contributed by atoms with E-state index in [-0.39, 0.29) is 12.5 Å². The second-order valence-corrected chi connectivity index (χ2v) is 5.45. The topological polar surface area (TPSA) is 99.7 Å². The number of carbonyl (C=O) groups is 1. The minimum Gasteiger partial charge on any atom is -0.318 e. The summed E-state index contributed by atoms with van der Waals surface area (Å²) >= 11 is 0. The summed E-state index contributed by atoms with van der Waals surface area (Å²) in [6.45, 7) is 0.665. The predicted molar refractivity (Wildman–Crippen MR) is 95.3 cm³/mol. The number of hydrogen-bond donors (Lipinski definition) is 1. The molecule has 26 heavy (non-hydrogen) atoms. The van der Waals surface area contributed by atoms with Gasteiger partial charge in [-0.05, 0) is 36.4 Å². The van der Waals surface area contributed by atoms with Crippen LogP contribution in [-0.2, 0) is 6.54 Å². The van der Waals surface area contributed by atoms with E-state index in [9.17, 15) is 4.79 Å². The molecular formula is C18H17N7O. The van der Waals surface area contributed by atoms with Crippen molar-refractivity contribution in [2.45, 2.75) is 13.0 Å². The van der Waals surface area contributed by atoms with E-state index >= 15 is 0 Å². The molecule has 1 N–H and O–H groups in total. The van der Waals surface area contributed by atoms with Gasteiger partial charge in [0.1, 0.15) is 0 Å². The monoisotopic (exact) mass is 347 g/mol. The van der Waals surface area contributed by atoms with Crippen molar-refractivity contribution in [2.75, 3.05) is 11.9 Å². The summed E-state index contributed by atoms with van der Waals surface area (Å²) in [5.41, 5.74) is 2.21. The normalized spacial score (nSPS) is 10.1. The van der Waals surface area contributed by atoms with Crippen LogP contribution in [0.5, 0.6) is 0 Å². The van der Waals surface area contributed by atoms with Gasteiger partial charge in [0.2, 0.25) is 0 Å². The van der Waals surface area contributed by atoms with Gasteiger partial charge in [0.25, 0.3) is 0 Å². The fourth-order valence-electron chi connectivity index (χ4n) is 2.35. The molecule has 1 aromatic carbocycles. The third-order valence-electron chi connectivity index (χ3n) is 3.63. The van der Waals surface area contributed by atoms with Crippen LogP contribution >= 0.6 is 0 Å². The van der Waals surface area contributed by atoms with Gasteiger partial charge in [-0.3, -0.25) is 4.98 Å². The van der Waals surface area contributed by atoms with E-state index in [1.54, 1.807) is 35.6 Å². The third-order valence-corrected chi connectivity index (χ3v) is 3.63. The van der Waals surface area contributed by atoms with Crippen LogP contribution in [0.2, 0.25) is 0 Å². The average molecular weight is 347 g/mol. The standard InChI is InChI=1S/C18H17N7O/c19-9-3-13-24(14-16-4-1-2-10-20-16)18(26)23-15-5-7-17(8-6-15)25-21-11-12-22-25/h1-2,4-8,10-12H,3,13-14H2,(H,23,26). The van der Waals surface area contributed by atoms with Gasteiger partial charge >= 0.3 is 6.03 Å². The minimum atomic E-state index is -0.282. The first-order valence-corrected chi connectivity index (χ1v) is 8.06. The van der Waals surface area contributed by atoms with Gasteiger partial charge < -0.3 is 10.2 Å². The van der Waals surface area contributed by atoms with Crippen molar-refractivity contribution in [3.8, 4) is 11.8 Å². The van der Waals surface area contributed by atoms with Gasteiger partial charge in [-0.15, -0.1) is 0 Å². The predicted octanol–water partition coefficient (Wildman–Crippen LogP) is 2.61. The molecule has 0 unspecified atom stereocenters. The molecule has 2 heterocycles. The highest BCUT2D eigenvalue weighted by Gasteiger charge is 2.14. The number of urea groups is 1. The largest absolute Gasteiger partial charge is 0.322 e. The van der Waals surface area contributed by atoms with Crippen LogP contribution in [0.4, 0.5) is 10.5 Å². The number of amides is 2. The van der Waals surface area contributed by atoms with Crippen molar-refractivity contribution >= 4 is 11.7 Å². The van der Waals surface area contributed by atoms with Crippen molar-refractivity contribution < 1.29 is 4.79 Å². The number of aromatic nitrogens is 4. The third kappa shape index (κ3) is 4.42. The molecule has 3 aromatic rings. The number of benzene rings is 1. The Labute approximate surface area is 150 Å². The lowest BCUT2D eigenvalue weighted by molar-refractivity contribution is 0.209. The summed E-state index contributed by atoms with van der Waals surface area (Å²) < 4.78 is 0. The van der Waals surface area contributed by atoms with Crippen LogP contribution in [0.25, 0.3) is 5.69 Å². The molecule has 0 spiro atoms. The fraction of sp³-hybridized carbons (Fsp3) is 0.167. The van der Waals surface area contributed by atoms with E-state index in [2.05, 4.69) is 26.6 Å². The Morgan fingerprint density at radius 1 is 1.12 bits per heavy atom. The van der Waals surface area contributed by atoms with Gasteiger partial charge in [0.05, 0.1) is 42.8 Å². The molecule has 8 nitrogen and oxygen atoms in total. The van der Waals surface area contributed by atoms with E-state index in [1.165, 1.54) is 4.80 Å². The van der Waals surface area contributed by atoms with E-state index < -0.39 is 0 Å². The molecule has 130 valence electrons. The van der Waals surface area contributed by atoms with Crippen molar-refractivity contribution in [3.63, 3.8) is 0 Å². The first-order valence-electron chi connectivity index (χ1n) is 8.06. The van der Waals surface area contributed by atoms with Crippen molar-refractivity contribution in [3.05, 3.63) is 66.7 Å². The van der Waals surface area contributed by atoms with Crippen molar-refractivity contribution in [1.82, 2.24) is 24.9 Å². The van der Waals surface area contributed by atoms with Gasteiger partial charge in [-0.1, -0.05) is 6.07 Å². The molecule has 0 aliphatic heterocycles. The molecule has 0 aliphatic rings. The molecular weight excluding hydrogens is 330 g/mol. The molecule has 0 fully saturated rings. The van der Waals surface area contributed by atoms with Crippen LogP contribution in [0.1, 0.15) is 12.1 Å². The van der Waals surface area contributed by atoms with E-state index in [0.717, 1.165) is 11.4 Å². The summed E-state index contributed by atoms with van der Waals surface area (Å²) in [5, 5.41) is 19.8.